The highest BCUT2D eigenvalue weighted by Crippen LogP contribution is 2.27. The number of aliphatic hydroxyl groups is 1. The van der Waals surface area contributed by atoms with Crippen LogP contribution >= 0.6 is 0 Å². The summed E-state index contributed by atoms with van der Waals surface area (Å²) in [6, 6.07) is 0. The first-order valence-electron chi connectivity index (χ1n) is 6.78. The molecule has 3 N–H and O–H groups in total. The van der Waals surface area contributed by atoms with Gasteiger partial charge in [-0.1, -0.05) is 0 Å². The summed E-state index contributed by atoms with van der Waals surface area (Å²) in [4.78, 5) is 0. The first-order chi connectivity index (χ1) is 8.70. The molecular weight excluding hydrogens is 234 g/mol. The molecule has 0 heterocycles. The van der Waals surface area contributed by atoms with Crippen molar-refractivity contribution < 1.29 is 19.3 Å². The molecule has 18 heavy (non-hydrogen) atoms. The Bertz CT molecular complexity index is 215. The summed E-state index contributed by atoms with van der Waals surface area (Å²) in [5.74, 6) is 0. The van der Waals surface area contributed by atoms with E-state index in [1.54, 1.807) is 7.11 Å². The highest BCUT2D eigenvalue weighted by molar-refractivity contribution is 4.90. The number of aliphatic hydroxyl groups excluding tert-OH is 1. The Morgan fingerprint density at radius 1 is 1.28 bits per heavy atom. The monoisotopic (exact) mass is 261 g/mol. The first kappa shape index (κ1) is 15.9. The van der Waals surface area contributed by atoms with Crippen molar-refractivity contribution >= 4 is 0 Å². The molecule has 0 aromatic heterocycles. The van der Waals surface area contributed by atoms with Crippen LogP contribution in [0.2, 0.25) is 0 Å². The summed E-state index contributed by atoms with van der Waals surface area (Å²) in [5, 5.41) is 9.25. The third-order valence-corrected chi connectivity index (χ3v) is 3.37. The molecule has 0 bridgehead atoms. The van der Waals surface area contributed by atoms with Crippen LogP contribution in [0.1, 0.15) is 32.1 Å². The van der Waals surface area contributed by atoms with Crippen LogP contribution < -0.4 is 5.73 Å². The zero-order valence-electron chi connectivity index (χ0n) is 11.4. The summed E-state index contributed by atoms with van der Waals surface area (Å²) >= 11 is 0. The van der Waals surface area contributed by atoms with Gasteiger partial charge in [-0.05, 0) is 32.1 Å². The average molecular weight is 261 g/mol. The molecule has 5 heteroatoms. The maximum atomic E-state index is 9.25. The Hall–Kier alpha value is -0.200. The van der Waals surface area contributed by atoms with E-state index >= 15 is 0 Å². The van der Waals surface area contributed by atoms with Gasteiger partial charge in [0, 0.05) is 25.9 Å². The second-order valence-electron chi connectivity index (χ2n) is 5.07. The van der Waals surface area contributed by atoms with Gasteiger partial charge in [0.25, 0.3) is 0 Å². The van der Waals surface area contributed by atoms with Crippen LogP contribution in [-0.4, -0.2) is 56.9 Å². The van der Waals surface area contributed by atoms with Crippen molar-refractivity contribution in [1.29, 1.82) is 0 Å². The number of rotatable bonds is 9. The van der Waals surface area contributed by atoms with Crippen molar-refractivity contribution in [2.75, 3.05) is 40.1 Å². The molecule has 1 saturated carbocycles. The van der Waals surface area contributed by atoms with Crippen LogP contribution in [0.25, 0.3) is 0 Å². The largest absolute Gasteiger partial charge is 0.394 e. The predicted molar refractivity (Wildman–Crippen MR) is 69.5 cm³/mol. The lowest BCUT2D eigenvalue weighted by Gasteiger charge is -2.36. The summed E-state index contributed by atoms with van der Waals surface area (Å²) in [7, 11) is 1.66. The van der Waals surface area contributed by atoms with Gasteiger partial charge in [0.1, 0.15) is 0 Å². The van der Waals surface area contributed by atoms with Crippen molar-refractivity contribution in [3.05, 3.63) is 0 Å². The molecule has 1 rings (SSSR count). The van der Waals surface area contributed by atoms with Gasteiger partial charge in [0.15, 0.2) is 0 Å². The SMILES string of the molecule is COCCOCCCOC1CCCC(N)(CO)C1. The van der Waals surface area contributed by atoms with Crippen LogP contribution in [0, 0.1) is 0 Å². The minimum Gasteiger partial charge on any atom is -0.394 e. The van der Waals surface area contributed by atoms with Crippen LogP contribution in [-0.2, 0) is 14.2 Å². The Morgan fingerprint density at radius 2 is 2.11 bits per heavy atom. The number of ether oxygens (including phenoxy) is 3. The van der Waals surface area contributed by atoms with Crippen LogP contribution in [0.5, 0.6) is 0 Å². The van der Waals surface area contributed by atoms with Gasteiger partial charge in [0.05, 0.1) is 25.9 Å². The molecule has 0 aliphatic heterocycles. The molecule has 2 atom stereocenters. The summed E-state index contributed by atoms with van der Waals surface area (Å²) in [6.07, 6.45) is 4.80. The van der Waals surface area contributed by atoms with E-state index in [1.165, 1.54) is 0 Å². The van der Waals surface area contributed by atoms with Crippen molar-refractivity contribution in [3.8, 4) is 0 Å². The number of hydrogen-bond acceptors (Lipinski definition) is 5. The maximum absolute atomic E-state index is 9.25. The predicted octanol–water partition coefficient (Wildman–Crippen LogP) is 0.689. The lowest BCUT2D eigenvalue weighted by molar-refractivity contribution is -0.0159. The molecule has 0 aromatic rings. The van der Waals surface area contributed by atoms with Gasteiger partial charge in [-0.3, -0.25) is 0 Å². The van der Waals surface area contributed by atoms with Gasteiger partial charge in [-0.2, -0.15) is 0 Å². The van der Waals surface area contributed by atoms with Crippen LogP contribution in [0.15, 0.2) is 0 Å². The van der Waals surface area contributed by atoms with Crippen molar-refractivity contribution in [2.45, 2.75) is 43.7 Å². The van der Waals surface area contributed by atoms with Crippen molar-refractivity contribution in [3.63, 3.8) is 0 Å². The smallest absolute Gasteiger partial charge is 0.0700 e. The van der Waals surface area contributed by atoms with E-state index in [9.17, 15) is 5.11 Å². The quantitative estimate of drug-likeness (QED) is 0.597. The number of methoxy groups -OCH3 is 1. The van der Waals surface area contributed by atoms with Crippen LogP contribution in [0.3, 0.4) is 0 Å². The molecule has 5 nitrogen and oxygen atoms in total. The zero-order valence-corrected chi connectivity index (χ0v) is 11.4. The zero-order chi connectivity index (χ0) is 13.3. The van der Waals surface area contributed by atoms with Gasteiger partial charge in [-0.15, -0.1) is 0 Å². The van der Waals surface area contributed by atoms with Crippen LogP contribution in [0.4, 0.5) is 0 Å². The molecule has 108 valence electrons. The van der Waals surface area contributed by atoms with E-state index in [1.807, 2.05) is 0 Å². The molecule has 0 saturated heterocycles. The lowest BCUT2D eigenvalue weighted by Crippen LogP contribution is -2.49. The van der Waals surface area contributed by atoms with Crippen molar-refractivity contribution in [2.24, 2.45) is 5.73 Å². The molecule has 1 aliphatic carbocycles. The van der Waals surface area contributed by atoms with E-state index < -0.39 is 5.54 Å². The highest BCUT2D eigenvalue weighted by Gasteiger charge is 2.32. The third kappa shape index (κ3) is 6.11. The fraction of sp³-hybridized carbons (Fsp3) is 1.00. The number of hydrogen-bond donors (Lipinski definition) is 2. The Labute approximate surface area is 110 Å². The molecule has 0 radical (unpaired) electrons. The van der Waals surface area contributed by atoms with Gasteiger partial charge >= 0.3 is 0 Å². The first-order valence-corrected chi connectivity index (χ1v) is 6.78. The topological polar surface area (TPSA) is 73.9 Å². The van der Waals surface area contributed by atoms with Gasteiger partial charge in [-0.25, -0.2) is 0 Å². The van der Waals surface area contributed by atoms with E-state index in [-0.39, 0.29) is 12.7 Å². The van der Waals surface area contributed by atoms with E-state index in [4.69, 9.17) is 19.9 Å². The summed E-state index contributed by atoms with van der Waals surface area (Å²) in [5.41, 5.74) is 5.63. The average Bonchev–Trinajstić information content (AvgIpc) is 2.38. The second kappa shape index (κ2) is 8.82. The van der Waals surface area contributed by atoms with Gasteiger partial charge in [0.2, 0.25) is 0 Å². The highest BCUT2D eigenvalue weighted by atomic mass is 16.5. The molecule has 0 amide bonds. The second-order valence-corrected chi connectivity index (χ2v) is 5.07. The standard InChI is InChI=1S/C13H27NO4/c1-16-8-9-17-6-3-7-18-12-4-2-5-13(14,10-12)11-15/h12,15H,2-11,14H2,1H3. The molecular formula is C13H27NO4. The third-order valence-electron chi connectivity index (χ3n) is 3.37. The lowest BCUT2D eigenvalue weighted by atomic mass is 9.81. The minimum atomic E-state index is -0.433. The summed E-state index contributed by atoms with van der Waals surface area (Å²) < 4.78 is 16.0. The maximum Gasteiger partial charge on any atom is 0.0700 e. The summed E-state index contributed by atoms with van der Waals surface area (Å²) in [6.45, 7) is 2.71. The molecule has 0 spiro atoms. The van der Waals surface area contributed by atoms with E-state index in [2.05, 4.69) is 0 Å². The normalized spacial score (nSPS) is 28.5. The number of nitrogens with two attached hydrogens (primary N) is 1. The minimum absolute atomic E-state index is 0.0486. The molecule has 1 fully saturated rings. The Morgan fingerprint density at radius 3 is 2.83 bits per heavy atom. The fourth-order valence-electron chi connectivity index (χ4n) is 2.28. The van der Waals surface area contributed by atoms with Gasteiger partial charge < -0.3 is 25.1 Å². The fourth-order valence-corrected chi connectivity index (χ4v) is 2.28. The van der Waals surface area contributed by atoms with E-state index in [0.29, 0.717) is 26.4 Å². The van der Waals surface area contributed by atoms with Crippen molar-refractivity contribution in [1.82, 2.24) is 0 Å². The molecule has 2 unspecified atom stereocenters. The molecule has 0 aromatic carbocycles. The van der Waals surface area contributed by atoms with E-state index in [0.717, 1.165) is 32.1 Å². The molecule has 1 aliphatic rings. The Kier molecular flexibility index (Phi) is 7.77. The Balaban J connectivity index is 2.01.